The van der Waals surface area contributed by atoms with Crippen molar-refractivity contribution in [1.82, 2.24) is 38.2 Å². The van der Waals surface area contributed by atoms with Crippen molar-refractivity contribution < 1.29 is 25.5 Å². The van der Waals surface area contributed by atoms with Crippen LogP contribution in [0.1, 0.15) is 0 Å². The van der Waals surface area contributed by atoms with Gasteiger partial charge in [-0.15, -0.1) is 0 Å². The third-order valence-electron chi connectivity index (χ3n) is 6.70. The van der Waals surface area contributed by atoms with Gasteiger partial charge in [0.15, 0.2) is 0 Å². The van der Waals surface area contributed by atoms with Gasteiger partial charge in [-0.1, -0.05) is 0 Å². The van der Waals surface area contributed by atoms with Gasteiger partial charge < -0.3 is 18.3 Å². The molecule has 0 spiro atoms. The minimum atomic E-state index is 0.723. The van der Waals surface area contributed by atoms with Crippen LogP contribution in [0.2, 0.25) is 0 Å². The summed E-state index contributed by atoms with van der Waals surface area (Å²) in [4.78, 5) is 17.7. The largest absolute Gasteiger partial charge is 0.314 e. The Morgan fingerprint density at radius 2 is 0.643 bits per heavy atom. The van der Waals surface area contributed by atoms with Gasteiger partial charge in [-0.2, -0.15) is 0 Å². The molecule has 0 saturated carbocycles. The maximum Gasteiger partial charge on any atom is 0.141 e. The number of fused-ring (bicyclic) bond motifs is 4. The number of halogens is 2. The molecule has 8 aromatic rings. The van der Waals surface area contributed by atoms with Gasteiger partial charge in [0, 0.05) is 71.1 Å². The molecule has 0 fully saturated rings. The summed E-state index contributed by atoms with van der Waals surface area (Å²) in [5, 5.41) is 4.64. The molecule has 0 aliphatic rings. The summed E-state index contributed by atoms with van der Waals surface area (Å²) in [6.45, 7) is 1.45. The van der Waals surface area contributed by atoms with Crippen molar-refractivity contribution in [3.63, 3.8) is 0 Å². The SMILES string of the molecule is [Cu][I].[Cu][I].c1cnc2c(c1)ccn2Cn1ccc2cccnc21.c1cnc2c(c1)ccn2Cn1ccc2cccnc21. The molecular weight excluding hydrogens is 853 g/mol. The number of hydrogen-bond donors (Lipinski definition) is 0. The zero-order valence-corrected chi connectivity index (χ0v) is 28.1. The Bertz CT molecular complexity index is 1740. The first-order valence-electron chi connectivity index (χ1n) is 12.7. The van der Waals surface area contributed by atoms with Crippen LogP contribution in [-0.2, 0) is 38.9 Å². The number of pyridine rings is 4. The molecule has 0 aromatic carbocycles. The van der Waals surface area contributed by atoms with E-state index in [1.807, 2.05) is 49.1 Å². The van der Waals surface area contributed by atoms with Crippen LogP contribution < -0.4 is 0 Å². The fourth-order valence-corrected chi connectivity index (χ4v) is 4.87. The quantitative estimate of drug-likeness (QED) is 0.135. The van der Waals surface area contributed by atoms with Gasteiger partial charge in [-0.05, 0) is 72.8 Å². The topological polar surface area (TPSA) is 71.3 Å². The molecule has 0 amide bonds. The second kappa shape index (κ2) is 15.1. The van der Waals surface area contributed by atoms with Gasteiger partial charge in [-0.25, -0.2) is 19.9 Å². The zero-order chi connectivity index (χ0) is 29.3. The maximum absolute atomic E-state index is 4.43. The van der Waals surface area contributed by atoms with Crippen LogP contribution in [0.15, 0.2) is 122 Å². The number of rotatable bonds is 4. The molecule has 0 bridgehead atoms. The molecule has 0 unspecified atom stereocenters. The number of hydrogen-bond acceptors (Lipinski definition) is 4. The Morgan fingerprint density at radius 1 is 0.405 bits per heavy atom. The molecule has 220 valence electrons. The molecule has 0 N–H and O–H groups in total. The van der Waals surface area contributed by atoms with E-state index in [0.29, 0.717) is 0 Å². The molecule has 8 heterocycles. The van der Waals surface area contributed by atoms with Crippen LogP contribution in [0, 0.1) is 0 Å². The van der Waals surface area contributed by atoms with Gasteiger partial charge in [0.25, 0.3) is 0 Å². The van der Waals surface area contributed by atoms with Gasteiger partial charge in [-0.3, -0.25) is 0 Å². The standard InChI is InChI=1S/2C15H12N4.2Cu.2HI/c2*1-3-12-5-9-18(14(12)16-7-1)11-19-10-6-13-4-2-8-17-15(13)19;;;;/h2*1-10H,11H2;;;2*1H/q;;2*+1;;/p-2. The van der Waals surface area contributed by atoms with Crippen LogP contribution in [0.5, 0.6) is 0 Å². The summed E-state index contributed by atoms with van der Waals surface area (Å²) in [5.41, 5.74) is 4.00. The molecule has 0 atom stereocenters. The second-order valence-corrected chi connectivity index (χ2v) is 9.09. The molecule has 8 nitrogen and oxygen atoms in total. The molecule has 0 aliphatic carbocycles. The molecule has 42 heavy (non-hydrogen) atoms. The molecule has 0 aliphatic heterocycles. The van der Waals surface area contributed by atoms with Gasteiger partial charge in [0.2, 0.25) is 0 Å². The molecule has 0 saturated heterocycles. The fraction of sp³-hybridized carbons (Fsp3) is 0.0667. The molecule has 8 aromatic heterocycles. The normalized spacial score (nSPS) is 10.6. The van der Waals surface area contributed by atoms with Gasteiger partial charge >= 0.3 is 66.2 Å². The van der Waals surface area contributed by atoms with Gasteiger partial charge in [0.1, 0.15) is 35.9 Å². The summed E-state index contributed by atoms with van der Waals surface area (Å²) in [5.74, 6) is 0. The average Bonchev–Trinajstić information content (AvgIpc) is 3.87. The van der Waals surface area contributed by atoms with Crippen LogP contribution in [0.4, 0.5) is 0 Å². The zero-order valence-electron chi connectivity index (χ0n) is 21.9. The molecule has 8 rings (SSSR count). The van der Waals surface area contributed by atoms with Crippen molar-refractivity contribution in [1.29, 1.82) is 0 Å². The minimum Gasteiger partial charge on any atom is -0.314 e. The van der Waals surface area contributed by atoms with E-state index >= 15 is 0 Å². The van der Waals surface area contributed by atoms with Crippen LogP contribution in [0.3, 0.4) is 0 Å². The second-order valence-electron chi connectivity index (χ2n) is 9.09. The van der Waals surface area contributed by atoms with Crippen molar-refractivity contribution in [3.05, 3.63) is 122 Å². The third kappa shape index (κ3) is 6.74. The van der Waals surface area contributed by atoms with Crippen molar-refractivity contribution in [2.45, 2.75) is 13.3 Å². The Morgan fingerprint density at radius 3 is 0.881 bits per heavy atom. The van der Waals surface area contributed by atoms with E-state index in [4.69, 9.17) is 0 Å². The minimum absolute atomic E-state index is 0.723. The first-order chi connectivity index (χ1) is 20.8. The summed E-state index contributed by atoms with van der Waals surface area (Å²) >= 11 is 11.7. The Hall–Kier alpha value is -2.74. The van der Waals surface area contributed by atoms with E-state index < -0.39 is 0 Å². The van der Waals surface area contributed by atoms with Crippen molar-refractivity contribution in [2.75, 3.05) is 0 Å². The summed E-state index contributed by atoms with van der Waals surface area (Å²) in [6.07, 6.45) is 15.5. The van der Waals surface area contributed by atoms with Crippen LogP contribution >= 0.6 is 40.7 Å². The number of nitrogens with zero attached hydrogens (tertiary/aromatic N) is 8. The van der Waals surface area contributed by atoms with E-state index in [2.05, 4.69) is 137 Å². The van der Waals surface area contributed by atoms with E-state index in [9.17, 15) is 0 Å². The Balaban J connectivity index is 0.000000150. The number of aromatic nitrogens is 8. The predicted octanol–water partition coefficient (Wildman–Crippen LogP) is 7.55. The first kappa shape index (κ1) is 30.7. The van der Waals surface area contributed by atoms with Crippen LogP contribution in [0.25, 0.3) is 44.1 Å². The van der Waals surface area contributed by atoms with E-state index in [0.717, 1.165) is 57.5 Å². The molecular formula is C30H24Cu2I2N8. The summed E-state index contributed by atoms with van der Waals surface area (Å²) in [7, 11) is 0. The van der Waals surface area contributed by atoms with Crippen molar-refractivity contribution in [3.8, 4) is 0 Å². The average molecular weight is 877 g/mol. The first-order valence-corrected chi connectivity index (χ1v) is 18.7. The Labute approximate surface area is 281 Å². The van der Waals surface area contributed by atoms with E-state index in [-0.39, 0.29) is 0 Å². The van der Waals surface area contributed by atoms with E-state index in [1.54, 1.807) is 40.7 Å². The predicted molar refractivity (Wildman–Crippen MR) is 178 cm³/mol. The third-order valence-corrected chi connectivity index (χ3v) is 6.70. The van der Waals surface area contributed by atoms with Crippen molar-refractivity contribution in [2.24, 2.45) is 0 Å². The van der Waals surface area contributed by atoms with Crippen LogP contribution in [-0.4, -0.2) is 38.2 Å². The maximum atomic E-state index is 4.43. The molecule has 0 radical (unpaired) electrons. The smallest absolute Gasteiger partial charge is 0.141 e. The summed E-state index contributed by atoms with van der Waals surface area (Å²) < 4.78 is 8.51. The van der Waals surface area contributed by atoms with E-state index in [1.165, 1.54) is 0 Å². The molecule has 12 heteroatoms. The summed E-state index contributed by atoms with van der Waals surface area (Å²) in [6, 6.07) is 24.5. The monoisotopic (exact) mass is 876 g/mol. The van der Waals surface area contributed by atoms with Crippen molar-refractivity contribution >= 4 is 84.8 Å². The Kier molecular flexibility index (Phi) is 11.1. The van der Waals surface area contributed by atoms with Gasteiger partial charge in [0.05, 0.1) is 0 Å². The fourth-order valence-electron chi connectivity index (χ4n) is 4.87.